The molecule has 0 radical (unpaired) electrons. The maximum atomic E-state index is 5.35. The Labute approximate surface area is 149 Å². The van der Waals surface area contributed by atoms with Gasteiger partial charge in [0.15, 0.2) is 11.8 Å². The van der Waals surface area contributed by atoms with E-state index >= 15 is 0 Å². The van der Waals surface area contributed by atoms with Gasteiger partial charge < -0.3 is 15.4 Å². The molecule has 0 aliphatic heterocycles. The summed E-state index contributed by atoms with van der Waals surface area (Å²) >= 11 is 0. The predicted molar refractivity (Wildman–Crippen MR) is 99.9 cm³/mol. The maximum absolute atomic E-state index is 5.35. The molecule has 1 aromatic heterocycles. The van der Waals surface area contributed by atoms with E-state index in [1.807, 2.05) is 41.8 Å². The van der Waals surface area contributed by atoms with E-state index < -0.39 is 0 Å². The minimum absolute atomic E-state index is 0.461. The number of unbranched alkanes of at least 4 members (excludes halogenated alkanes) is 1. The van der Waals surface area contributed by atoms with E-state index in [-0.39, 0.29) is 0 Å². The maximum Gasteiger partial charge on any atom is 0.191 e. The number of aliphatic imine (C=N–C) groups is 1. The van der Waals surface area contributed by atoms with Gasteiger partial charge in [-0.3, -0.25) is 4.57 Å². The molecule has 0 unspecified atom stereocenters. The number of ether oxygens (including phenoxy) is 1. The number of hydrogen-bond acceptors (Lipinski definition) is 4. The summed E-state index contributed by atoms with van der Waals surface area (Å²) in [5.74, 6) is 1.60. The van der Waals surface area contributed by atoms with Crippen LogP contribution >= 0.6 is 0 Å². The monoisotopic (exact) mass is 344 g/mol. The predicted octanol–water partition coefficient (Wildman–Crippen LogP) is 2.14. The molecule has 2 N–H and O–H groups in total. The highest BCUT2D eigenvalue weighted by atomic mass is 16.5. The largest absolute Gasteiger partial charge is 0.382 e. The number of benzene rings is 1. The van der Waals surface area contributed by atoms with Crippen LogP contribution in [0.3, 0.4) is 0 Å². The molecule has 7 heteroatoms. The average molecular weight is 344 g/mol. The minimum atomic E-state index is 0.461. The lowest BCUT2D eigenvalue weighted by Gasteiger charge is -2.11. The zero-order valence-corrected chi connectivity index (χ0v) is 15.1. The molecule has 0 bridgehead atoms. The molecule has 0 spiro atoms. The van der Waals surface area contributed by atoms with Crippen LogP contribution in [-0.2, 0) is 11.3 Å². The Balaban J connectivity index is 1.90. The van der Waals surface area contributed by atoms with E-state index in [0.29, 0.717) is 6.54 Å². The number of aromatic nitrogens is 3. The van der Waals surface area contributed by atoms with E-state index in [0.717, 1.165) is 56.6 Å². The van der Waals surface area contributed by atoms with Crippen LogP contribution in [0.4, 0.5) is 0 Å². The Hall–Kier alpha value is -2.41. The normalized spacial score (nSPS) is 11.5. The number of para-hydroxylation sites is 1. The first-order valence-electron chi connectivity index (χ1n) is 8.89. The lowest BCUT2D eigenvalue weighted by Crippen LogP contribution is -2.37. The zero-order chi connectivity index (χ0) is 17.7. The number of nitrogens with zero attached hydrogens (tertiary/aromatic N) is 4. The first-order valence-corrected chi connectivity index (χ1v) is 8.89. The minimum Gasteiger partial charge on any atom is -0.382 e. The smallest absolute Gasteiger partial charge is 0.191 e. The van der Waals surface area contributed by atoms with Gasteiger partial charge in [0.25, 0.3) is 0 Å². The van der Waals surface area contributed by atoms with Gasteiger partial charge in [-0.25, -0.2) is 4.99 Å². The molecule has 0 saturated heterocycles. The van der Waals surface area contributed by atoms with Crippen molar-refractivity contribution in [3.05, 3.63) is 42.5 Å². The first kappa shape index (κ1) is 18.9. The van der Waals surface area contributed by atoms with Gasteiger partial charge in [0.2, 0.25) is 0 Å². The lowest BCUT2D eigenvalue weighted by atomic mass is 10.3. The molecule has 2 rings (SSSR count). The highest BCUT2D eigenvalue weighted by Gasteiger charge is 2.06. The third kappa shape index (κ3) is 6.54. The van der Waals surface area contributed by atoms with Crippen molar-refractivity contribution < 1.29 is 4.74 Å². The molecule has 0 aliphatic rings. The van der Waals surface area contributed by atoms with E-state index in [9.17, 15) is 0 Å². The summed E-state index contributed by atoms with van der Waals surface area (Å²) in [5, 5.41) is 14.8. The van der Waals surface area contributed by atoms with Gasteiger partial charge in [-0.15, -0.1) is 10.2 Å². The van der Waals surface area contributed by atoms with Gasteiger partial charge in [-0.1, -0.05) is 18.2 Å². The van der Waals surface area contributed by atoms with Gasteiger partial charge in [0.05, 0.1) is 0 Å². The summed E-state index contributed by atoms with van der Waals surface area (Å²) in [6, 6.07) is 10.0. The van der Waals surface area contributed by atoms with Crippen LogP contribution in [-0.4, -0.2) is 47.0 Å². The van der Waals surface area contributed by atoms with Gasteiger partial charge in [-0.05, 0) is 38.8 Å². The van der Waals surface area contributed by atoms with Gasteiger partial charge in [0.1, 0.15) is 12.9 Å². The topological polar surface area (TPSA) is 76.4 Å². The van der Waals surface area contributed by atoms with E-state index in [1.165, 1.54) is 0 Å². The van der Waals surface area contributed by atoms with Crippen LogP contribution in [0.1, 0.15) is 32.5 Å². The quantitative estimate of drug-likeness (QED) is 0.392. The Kier molecular flexibility index (Phi) is 8.48. The Bertz CT molecular complexity index is 626. The van der Waals surface area contributed by atoms with E-state index in [4.69, 9.17) is 4.74 Å². The van der Waals surface area contributed by atoms with E-state index in [2.05, 4.69) is 32.7 Å². The van der Waals surface area contributed by atoms with Crippen LogP contribution in [0.2, 0.25) is 0 Å². The van der Waals surface area contributed by atoms with Crippen LogP contribution in [0.15, 0.2) is 41.7 Å². The van der Waals surface area contributed by atoms with Crippen molar-refractivity contribution >= 4 is 5.96 Å². The second-order valence-corrected chi connectivity index (χ2v) is 5.48. The molecule has 0 aliphatic carbocycles. The number of guanidine groups is 1. The SMILES string of the molecule is CCNC(=NCc1nncn1-c1ccccc1)NCCCCOCC. The summed E-state index contributed by atoms with van der Waals surface area (Å²) in [6.07, 6.45) is 3.81. The summed E-state index contributed by atoms with van der Waals surface area (Å²) < 4.78 is 7.30. The third-order valence-electron chi connectivity index (χ3n) is 3.59. The molecule has 2 aromatic rings. The molecular formula is C18H28N6O. The van der Waals surface area contributed by atoms with Crippen LogP contribution < -0.4 is 10.6 Å². The average Bonchev–Trinajstić information content (AvgIpc) is 3.12. The van der Waals surface area contributed by atoms with Crippen LogP contribution in [0.5, 0.6) is 0 Å². The van der Waals surface area contributed by atoms with Crippen LogP contribution in [0.25, 0.3) is 5.69 Å². The number of rotatable bonds is 10. The number of hydrogen-bond donors (Lipinski definition) is 2. The Morgan fingerprint density at radius 2 is 2.00 bits per heavy atom. The molecule has 1 heterocycles. The molecule has 0 saturated carbocycles. The fourth-order valence-electron chi connectivity index (χ4n) is 2.34. The zero-order valence-electron chi connectivity index (χ0n) is 15.1. The van der Waals surface area contributed by atoms with Crippen LogP contribution in [0, 0.1) is 0 Å². The molecular weight excluding hydrogens is 316 g/mol. The molecule has 136 valence electrons. The second-order valence-electron chi connectivity index (χ2n) is 5.48. The fraction of sp³-hybridized carbons (Fsp3) is 0.500. The van der Waals surface area contributed by atoms with Crippen molar-refractivity contribution in [1.29, 1.82) is 0 Å². The fourth-order valence-corrected chi connectivity index (χ4v) is 2.34. The highest BCUT2D eigenvalue weighted by molar-refractivity contribution is 5.79. The summed E-state index contributed by atoms with van der Waals surface area (Å²) in [6.45, 7) is 7.80. The van der Waals surface area contributed by atoms with Crippen molar-refractivity contribution in [2.24, 2.45) is 4.99 Å². The second kappa shape index (κ2) is 11.2. The molecule has 25 heavy (non-hydrogen) atoms. The van der Waals surface area contributed by atoms with Crippen molar-refractivity contribution in [3.63, 3.8) is 0 Å². The highest BCUT2D eigenvalue weighted by Crippen LogP contribution is 2.09. The summed E-state index contributed by atoms with van der Waals surface area (Å²) in [4.78, 5) is 4.62. The molecule has 0 amide bonds. The molecule has 0 fully saturated rings. The van der Waals surface area contributed by atoms with Crippen molar-refractivity contribution in [3.8, 4) is 5.69 Å². The molecule has 0 atom stereocenters. The van der Waals surface area contributed by atoms with Gasteiger partial charge in [-0.2, -0.15) is 0 Å². The van der Waals surface area contributed by atoms with Gasteiger partial charge >= 0.3 is 0 Å². The van der Waals surface area contributed by atoms with E-state index in [1.54, 1.807) is 6.33 Å². The summed E-state index contributed by atoms with van der Waals surface area (Å²) in [5.41, 5.74) is 1.03. The Morgan fingerprint density at radius 3 is 2.76 bits per heavy atom. The third-order valence-corrected chi connectivity index (χ3v) is 3.59. The standard InChI is InChI=1S/C18H28N6O/c1-3-19-18(20-12-8-9-13-25-4-2)21-14-17-23-22-15-24(17)16-10-6-5-7-11-16/h5-7,10-11,15H,3-4,8-9,12-14H2,1-2H3,(H2,19,20,21). The molecule has 7 nitrogen and oxygen atoms in total. The van der Waals surface area contributed by atoms with Crippen molar-refractivity contribution in [2.75, 3.05) is 26.3 Å². The van der Waals surface area contributed by atoms with Crippen molar-refractivity contribution in [1.82, 2.24) is 25.4 Å². The van der Waals surface area contributed by atoms with Gasteiger partial charge in [0, 0.05) is 32.0 Å². The lowest BCUT2D eigenvalue weighted by molar-refractivity contribution is 0.143. The first-order chi connectivity index (χ1) is 12.3. The Morgan fingerprint density at radius 1 is 1.16 bits per heavy atom. The number of nitrogens with one attached hydrogen (secondary N) is 2. The van der Waals surface area contributed by atoms with Crippen molar-refractivity contribution in [2.45, 2.75) is 33.2 Å². The summed E-state index contributed by atoms with van der Waals surface area (Å²) in [7, 11) is 0. The molecule has 1 aromatic carbocycles.